The first-order valence-electron chi connectivity index (χ1n) is 2.94. The molecule has 0 saturated carbocycles. The van der Waals surface area contributed by atoms with E-state index in [1.165, 1.54) is 6.92 Å². The quantitative estimate of drug-likeness (QED) is 0.459. The lowest BCUT2D eigenvalue weighted by Crippen LogP contribution is -2.05. The number of rotatable bonds is 2. The molecule has 0 rings (SSSR count). The van der Waals surface area contributed by atoms with Gasteiger partial charge in [-0.15, -0.1) is 0 Å². The normalized spacial score (nSPS) is 7.20. The van der Waals surface area contributed by atoms with Crippen LogP contribution in [0.2, 0.25) is 0 Å². The number of hydrogen-bond donors (Lipinski definition) is 0. The summed E-state index contributed by atoms with van der Waals surface area (Å²) >= 11 is 4.81. The van der Waals surface area contributed by atoms with E-state index in [0.717, 1.165) is 0 Å². The van der Waals surface area contributed by atoms with Crippen LogP contribution in [0.4, 0.5) is 0 Å². The van der Waals surface area contributed by atoms with E-state index >= 15 is 0 Å². The van der Waals surface area contributed by atoms with Crippen LogP contribution in [0.1, 0.15) is 20.8 Å². The third-order valence-electron chi connectivity index (χ3n) is 0.389. The number of hydrogen-bond acceptors (Lipinski definition) is 3. The molecule has 0 N–H and O–H groups in total. The second-order valence-electron chi connectivity index (χ2n) is 1.14. The molecule has 0 saturated heterocycles. The largest absolute Gasteiger partial charge is 0.456 e. The highest BCUT2D eigenvalue weighted by atomic mass is 35.5. The monoisotopic (exact) mass is 166 g/mol. The van der Waals surface area contributed by atoms with Crippen LogP contribution in [0.15, 0.2) is 0 Å². The topological polar surface area (TPSA) is 43.4 Å². The van der Waals surface area contributed by atoms with Crippen molar-refractivity contribution in [2.75, 3.05) is 6.61 Å². The van der Waals surface area contributed by atoms with Crippen molar-refractivity contribution in [3.05, 3.63) is 0 Å². The lowest BCUT2D eigenvalue weighted by atomic mass is 10.7. The van der Waals surface area contributed by atoms with Crippen molar-refractivity contribution in [2.24, 2.45) is 0 Å². The van der Waals surface area contributed by atoms with E-state index in [1.807, 2.05) is 13.8 Å². The second-order valence-corrected chi connectivity index (χ2v) is 1.56. The molecular weight excluding hydrogens is 156 g/mol. The lowest BCUT2D eigenvalue weighted by molar-refractivity contribution is -0.143. The van der Waals surface area contributed by atoms with Gasteiger partial charge >= 0.3 is 5.97 Å². The third kappa shape index (κ3) is 15.7. The highest BCUT2D eigenvalue weighted by Crippen LogP contribution is 1.81. The fourth-order valence-corrected chi connectivity index (χ4v) is 0.213. The molecule has 0 aliphatic rings. The van der Waals surface area contributed by atoms with Gasteiger partial charge in [-0.2, -0.15) is 0 Å². The fraction of sp³-hybridized carbons (Fsp3) is 0.667. The van der Waals surface area contributed by atoms with Gasteiger partial charge in [-0.05, 0) is 11.6 Å². The van der Waals surface area contributed by atoms with Crippen molar-refractivity contribution in [3.8, 4) is 0 Å². The molecule has 3 nitrogen and oxygen atoms in total. The summed E-state index contributed by atoms with van der Waals surface area (Å²) in [6.07, 6.45) is 0. The summed E-state index contributed by atoms with van der Waals surface area (Å²) < 4.78 is 4.18. The van der Waals surface area contributed by atoms with E-state index in [4.69, 9.17) is 11.6 Å². The second kappa shape index (κ2) is 8.43. The van der Waals surface area contributed by atoms with Crippen molar-refractivity contribution in [3.63, 3.8) is 0 Å². The van der Waals surface area contributed by atoms with Gasteiger partial charge in [0.2, 0.25) is 0 Å². The van der Waals surface area contributed by atoms with E-state index < -0.39 is 11.2 Å². The molecule has 0 aliphatic heterocycles. The standard InChI is InChI=1S/C4H5ClO3.C2H6/c1-3(6)8-2-4(5)7;1-2/h2H2,1H3;1-2H3. The van der Waals surface area contributed by atoms with Crippen molar-refractivity contribution < 1.29 is 14.3 Å². The van der Waals surface area contributed by atoms with E-state index in [1.54, 1.807) is 0 Å². The molecule has 0 aromatic heterocycles. The average Bonchev–Trinajstić information content (AvgIpc) is 1.89. The summed E-state index contributed by atoms with van der Waals surface area (Å²) in [5.74, 6) is -0.501. The van der Waals surface area contributed by atoms with Crippen molar-refractivity contribution in [1.29, 1.82) is 0 Å². The Bertz CT molecular complexity index is 97.6. The highest BCUT2D eigenvalue weighted by Gasteiger charge is 1.96. The van der Waals surface area contributed by atoms with Crippen LogP contribution in [0, 0.1) is 0 Å². The summed E-state index contributed by atoms with van der Waals surface area (Å²) in [6.45, 7) is 4.87. The van der Waals surface area contributed by atoms with Crippen LogP contribution in [0.5, 0.6) is 0 Å². The maximum Gasteiger partial charge on any atom is 0.303 e. The van der Waals surface area contributed by atoms with Gasteiger partial charge in [-0.1, -0.05) is 13.8 Å². The minimum Gasteiger partial charge on any atom is -0.456 e. The van der Waals surface area contributed by atoms with Gasteiger partial charge in [0, 0.05) is 6.92 Å². The molecule has 0 atom stereocenters. The fourth-order valence-electron chi connectivity index (χ4n) is 0.158. The Hall–Kier alpha value is -0.570. The van der Waals surface area contributed by atoms with Crippen LogP contribution in [-0.2, 0) is 14.3 Å². The minimum absolute atomic E-state index is 0.336. The molecule has 0 fully saturated rings. The van der Waals surface area contributed by atoms with Gasteiger partial charge in [0.1, 0.15) is 0 Å². The van der Waals surface area contributed by atoms with Crippen molar-refractivity contribution >= 4 is 22.8 Å². The summed E-state index contributed by atoms with van der Waals surface area (Å²) in [5.41, 5.74) is 0. The lowest BCUT2D eigenvalue weighted by Gasteiger charge is -1.92. The van der Waals surface area contributed by atoms with Crippen LogP contribution in [-0.4, -0.2) is 17.8 Å². The molecule has 0 aromatic carbocycles. The van der Waals surface area contributed by atoms with E-state index in [9.17, 15) is 9.59 Å². The predicted molar refractivity (Wildman–Crippen MR) is 38.8 cm³/mol. The Labute approximate surface area is 65.3 Å². The minimum atomic E-state index is -0.666. The molecule has 10 heavy (non-hydrogen) atoms. The SMILES string of the molecule is CC.CC(=O)OCC(=O)Cl. The molecule has 0 aliphatic carbocycles. The number of carbonyl (C=O) groups is 2. The summed E-state index contributed by atoms with van der Waals surface area (Å²) in [4.78, 5) is 19.8. The third-order valence-corrected chi connectivity index (χ3v) is 0.498. The van der Waals surface area contributed by atoms with E-state index in [0.29, 0.717) is 0 Å². The average molecular weight is 167 g/mol. The molecule has 4 heteroatoms. The first-order valence-corrected chi connectivity index (χ1v) is 3.32. The van der Waals surface area contributed by atoms with Crippen LogP contribution < -0.4 is 0 Å². The zero-order valence-corrected chi connectivity index (χ0v) is 7.07. The van der Waals surface area contributed by atoms with Gasteiger partial charge in [0.15, 0.2) is 6.61 Å². The summed E-state index contributed by atoms with van der Waals surface area (Å²) in [5, 5.41) is -0.666. The number of esters is 1. The van der Waals surface area contributed by atoms with Crippen molar-refractivity contribution in [2.45, 2.75) is 20.8 Å². The maximum atomic E-state index is 9.92. The Balaban J connectivity index is 0. The Morgan fingerprint density at radius 1 is 1.40 bits per heavy atom. The van der Waals surface area contributed by atoms with Gasteiger partial charge in [0.05, 0.1) is 0 Å². The number of halogens is 1. The zero-order chi connectivity index (χ0) is 8.57. The van der Waals surface area contributed by atoms with Crippen LogP contribution in [0.25, 0.3) is 0 Å². The van der Waals surface area contributed by atoms with E-state index in [2.05, 4.69) is 4.74 Å². The molecule has 0 unspecified atom stereocenters. The smallest absolute Gasteiger partial charge is 0.303 e. The molecule has 0 spiro atoms. The predicted octanol–water partition coefficient (Wildman–Crippen LogP) is 1.34. The molecule has 0 bridgehead atoms. The molecule has 0 heterocycles. The molecule has 0 radical (unpaired) electrons. The first-order chi connectivity index (χ1) is 4.63. The highest BCUT2D eigenvalue weighted by molar-refractivity contribution is 6.64. The first kappa shape index (κ1) is 12.1. The summed E-state index contributed by atoms with van der Waals surface area (Å²) in [7, 11) is 0. The number of carbonyl (C=O) groups excluding carboxylic acids is 2. The molecule has 60 valence electrons. The Morgan fingerprint density at radius 2 is 1.80 bits per heavy atom. The van der Waals surface area contributed by atoms with Crippen molar-refractivity contribution in [1.82, 2.24) is 0 Å². The zero-order valence-electron chi connectivity index (χ0n) is 6.31. The molecular formula is C6H11ClO3. The maximum absolute atomic E-state index is 9.92. The Morgan fingerprint density at radius 3 is 1.90 bits per heavy atom. The van der Waals surface area contributed by atoms with Gasteiger partial charge < -0.3 is 4.74 Å². The summed E-state index contributed by atoms with van der Waals surface area (Å²) in [6, 6.07) is 0. The Kier molecular flexibility index (Phi) is 10.2. The van der Waals surface area contributed by atoms with Gasteiger partial charge in [-0.25, -0.2) is 0 Å². The van der Waals surface area contributed by atoms with E-state index in [-0.39, 0.29) is 6.61 Å². The number of ether oxygens (including phenoxy) is 1. The van der Waals surface area contributed by atoms with Crippen LogP contribution in [0.3, 0.4) is 0 Å². The van der Waals surface area contributed by atoms with Gasteiger partial charge in [0.25, 0.3) is 5.24 Å². The van der Waals surface area contributed by atoms with Gasteiger partial charge in [-0.3, -0.25) is 9.59 Å². The molecule has 0 amide bonds. The molecule has 0 aromatic rings. The van der Waals surface area contributed by atoms with Crippen LogP contribution >= 0.6 is 11.6 Å².